The van der Waals surface area contributed by atoms with Crippen molar-refractivity contribution in [1.29, 1.82) is 0 Å². The standard InChI is InChI=1S/C26H27NO4/c1-27(18-21-14-10-16-24(30-3)25(21)31-4)26(28)22(19-11-6-5-7-12-19)17-20-13-8-9-15-23(20)29-2/h5-17H,18H2,1-4H3/b22-17+. The van der Waals surface area contributed by atoms with Crippen LogP contribution in [0.4, 0.5) is 0 Å². The van der Waals surface area contributed by atoms with Gasteiger partial charge in [0.2, 0.25) is 0 Å². The Morgan fingerprint density at radius 2 is 1.45 bits per heavy atom. The van der Waals surface area contributed by atoms with E-state index < -0.39 is 0 Å². The van der Waals surface area contributed by atoms with Crippen molar-refractivity contribution in [3.05, 3.63) is 89.5 Å². The molecule has 0 aliphatic heterocycles. The topological polar surface area (TPSA) is 48.0 Å². The van der Waals surface area contributed by atoms with Gasteiger partial charge in [0.15, 0.2) is 11.5 Å². The molecule has 0 aliphatic rings. The highest BCUT2D eigenvalue weighted by Gasteiger charge is 2.20. The van der Waals surface area contributed by atoms with Gasteiger partial charge in [0.1, 0.15) is 5.75 Å². The van der Waals surface area contributed by atoms with E-state index in [2.05, 4.69) is 0 Å². The van der Waals surface area contributed by atoms with Crippen molar-refractivity contribution in [2.45, 2.75) is 6.54 Å². The minimum absolute atomic E-state index is 0.109. The maximum Gasteiger partial charge on any atom is 0.254 e. The summed E-state index contributed by atoms with van der Waals surface area (Å²) in [7, 11) is 6.60. The third kappa shape index (κ3) is 5.07. The molecule has 0 fully saturated rings. The van der Waals surface area contributed by atoms with Crippen LogP contribution < -0.4 is 14.2 Å². The van der Waals surface area contributed by atoms with Crippen LogP contribution in [0.5, 0.6) is 17.2 Å². The van der Waals surface area contributed by atoms with Crippen LogP contribution >= 0.6 is 0 Å². The first-order valence-electron chi connectivity index (χ1n) is 9.94. The minimum Gasteiger partial charge on any atom is -0.496 e. The number of para-hydroxylation sites is 2. The second-order valence-electron chi connectivity index (χ2n) is 6.98. The Balaban J connectivity index is 1.99. The summed E-state index contributed by atoms with van der Waals surface area (Å²) in [6.07, 6.45) is 1.87. The third-order valence-electron chi connectivity index (χ3n) is 4.99. The summed E-state index contributed by atoms with van der Waals surface area (Å²) in [6.45, 7) is 0.370. The number of hydrogen-bond donors (Lipinski definition) is 0. The predicted octanol–water partition coefficient (Wildman–Crippen LogP) is 4.91. The lowest BCUT2D eigenvalue weighted by Gasteiger charge is -2.22. The van der Waals surface area contributed by atoms with Crippen molar-refractivity contribution in [2.24, 2.45) is 0 Å². The third-order valence-corrected chi connectivity index (χ3v) is 4.99. The first-order valence-corrected chi connectivity index (χ1v) is 9.94. The molecule has 160 valence electrons. The van der Waals surface area contributed by atoms with Gasteiger partial charge in [0.05, 0.1) is 21.3 Å². The van der Waals surface area contributed by atoms with Gasteiger partial charge < -0.3 is 19.1 Å². The van der Waals surface area contributed by atoms with Crippen molar-refractivity contribution in [3.63, 3.8) is 0 Å². The smallest absolute Gasteiger partial charge is 0.254 e. The van der Waals surface area contributed by atoms with Crippen LogP contribution in [0.1, 0.15) is 16.7 Å². The zero-order valence-corrected chi connectivity index (χ0v) is 18.3. The zero-order valence-electron chi connectivity index (χ0n) is 18.3. The zero-order chi connectivity index (χ0) is 22.2. The lowest BCUT2D eigenvalue weighted by molar-refractivity contribution is -0.124. The Morgan fingerprint density at radius 3 is 2.13 bits per heavy atom. The summed E-state index contributed by atoms with van der Waals surface area (Å²) >= 11 is 0. The summed E-state index contributed by atoms with van der Waals surface area (Å²) in [6, 6.07) is 22.9. The molecule has 0 atom stereocenters. The van der Waals surface area contributed by atoms with Gasteiger partial charge in [-0.3, -0.25) is 4.79 Å². The molecule has 0 aliphatic carbocycles. The van der Waals surface area contributed by atoms with Crippen LogP contribution in [0.3, 0.4) is 0 Å². The van der Waals surface area contributed by atoms with Gasteiger partial charge in [-0.2, -0.15) is 0 Å². The molecule has 0 radical (unpaired) electrons. The Morgan fingerprint density at radius 1 is 0.806 bits per heavy atom. The van der Waals surface area contributed by atoms with Gasteiger partial charge in [-0.05, 0) is 23.8 Å². The van der Waals surface area contributed by atoms with E-state index in [1.54, 1.807) is 33.3 Å². The number of methoxy groups -OCH3 is 3. The van der Waals surface area contributed by atoms with Gasteiger partial charge in [-0.1, -0.05) is 60.7 Å². The highest BCUT2D eigenvalue weighted by Crippen LogP contribution is 2.32. The van der Waals surface area contributed by atoms with E-state index in [4.69, 9.17) is 14.2 Å². The quantitative estimate of drug-likeness (QED) is 0.386. The second-order valence-corrected chi connectivity index (χ2v) is 6.98. The van der Waals surface area contributed by atoms with Gasteiger partial charge in [-0.25, -0.2) is 0 Å². The fourth-order valence-electron chi connectivity index (χ4n) is 3.44. The minimum atomic E-state index is -0.109. The molecule has 1 amide bonds. The Labute approximate surface area is 183 Å². The fraction of sp³-hybridized carbons (Fsp3) is 0.192. The molecule has 3 aromatic carbocycles. The van der Waals surface area contributed by atoms with Crippen molar-refractivity contribution in [2.75, 3.05) is 28.4 Å². The molecule has 5 heteroatoms. The predicted molar refractivity (Wildman–Crippen MR) is 123 cm³/mol. The maximum absolute atomic E-state index is 13.6. The number of hydrogen-bond acceptors (Lipinski definition) is 4. The second kappa shape index (κ2) is 10.3. The van der Waals surface area contributed by atoms with Crippen LogP contribution in [-0.2, 0) is 11.3 Å². The lowest BCUT2D eigenvalue weighted by atomic mass is 10.0. The maximum atomic E-state index is 13.6. The molecule has 31 heavy (non-hydrogen) atoms. The molecule has 0 bridgehead atoms. The molecule has 0 unspecified atom stereocenters. The number of likely N-dealkylation sites (N-methyl/N-ethyl adjacent to an activating group) is 1. The molecular formula is C26H27NO4. The highest BCUT2D eigenvalue weighted by atomic mass is 16.5. The van der Waals surface area contributed by atoms with Crippen molar-refractivity contribution in [3.8, 4) is 17.2 Å². The normalized spacial score (nSPS) is 11.0. The molecule has 3 aromatic rings. The Hall–Kier alpha value is -3.73. The van der Waals surface area contributed by atoms with E-state index in [0.717, 1.165) is 16.7 Å². The average molecular weight is 418 g/mol. The molecule has 0 N–H and O–H groups in total. The first kappa shape index (κ1) is 22.0. The molecule has 5 nitrogen and oxygen atoms in total. The van der Waals surface area contributed by atoms with Gasteiger partial charge in [0, 0.05) is 30.3 Å². The van der Waals surface area contributed by atoms with Crippen LogP contribution in [0, 0.1) is 0 Å². The van der Waals surface area contributed by atoms with Gasteiger partial charge >= 0.3 is 0 Å². The number of ether oxygens (including phenoxy) is 3. The van der Waals surface area contributed by atoms with E-state index in [0.29, 0.717) is 29.4 Å². The van der Waals surface area contributed by atoms with E-state index in [9.17, 15) is 4.79 Å². The number of carbonyl (C=O) groups is 1. The summed E-state index contributed by atoms with van der Waals surface area (Å²) in [4.78, 5) is 15.2. The first-order chi connectivity index (χ1) is 15.1. The molecule has 0 heterocycles. The lowest BCUT2D eigenvalue weighted by Crippen LogP contribution is -2.27. The molecule has 0 saturated carbocycles. The highest BCUT2D eigenvalue weighted by molar-refractivity contribution is 6.24. The summed E-state index contributed by atoms with van der Waals surface area (Å²) < 4.78 is 16.4. The number of rotatable bonds is 8. The van der Waals surface area contributed by atoms with E-state index in [-0.39, 0.29) is 5.91 Å². The number of carbonyl (C=O) groups excluding carboxylic acids is 1. The van der Waals surface area contributed by atoms with Gasteiger partial charge in [-0.15, -0.1) is 0 Å². The van der Waals surface area contributed by atoms with Crippen LogP contribution in [0.15, 0.2) is 72.8 Å². The monoisotopic (exact) mass is 417 g/mol. The SMILES string of the molecule is COc1ccccc1/C=C(/C(=O)N(C)Cc1cccc(OC)c1OC)c1ccccc1. The molecule has 0 saturated heterocycles. The molecule has 3 rings (SSSR count). The van der Waals surface area contributed by atoms with Gasteiger partial charge in [0.25, 0.3) is 5.91 Å². The number of nitrogens with zero attached hydrogens (tertiary/aromatic N) is 1. The Kier molecular flexibility index (Phi) is 7.33. The number of benzene rings is 3. The van der Waals surface area contributed by atoms with Crippen LogP contribution in [0.25, 0.3) is 11.6 Å². The van der Waals surface area contributed by atoms with Crippen molar-refractivity contribution < 1.29 is 19.0 Å². The summed E-state index contributed by atoms with van der Waals surface area (Å²) in [5.74, 6) is 1.86. The average Bonchev–Trinajstić information content (AvgIpc) is 2.82. The van der Waals surface area contributed by atoms with E-state index in [1.165, 1.54) is 0 Å². The summed E-state index contributed by atoms with van der Waals surface area (Å²) in [5, 5.41) is 0. The van der Waals surface area contributed by atoms with Crippen molar-refractivity contribution in [1.82, 2.24) is 4.90 Å². The Bertz CT molecular complexity index is 1060. The van der Waals surface area contributed by atoms with E-state index in [1.807, 2.05) is 78.9 Å². The van der Waals surface area contributed by atoms with E-state index >= 15 is 0 Å². The largest absolute Gasteiger partial charge is 0.496 e. The van der Waals surface area contributed by atoms with Crippen molar-refractivity contribution >= 4 is 17.6 Å². The van der Waals surface area contributed by atoms with Crippen LogP contribution in [0.2, 0.25) is 0 Å². The number of amides is 1. The molecule has 0 spiro atoms. The summed E-state index contributed by atoms with van der Waals surface area (Å²) in [5.41, 5.74) is 3.12. The molecular weight excluding hydrogens is 390 g/mol. The fourth-order valence-corrected chi connectivity index (χ4v) is 3.44. The molecule has 0 aromatic heterocycles. The van der Waals surface area contributed by atoms with Crippen LogP contribution in [-0.4, -0.2) is 39.2 Å².